The van der Waals surface area contributed by atoms with Gasteiger partial charge in [-0.3, -0.25) is 4.79 Å². The zero-order chi connectivity index (χ0) is 19.7. The van der Waals surface area contributed by atoms with Gasteiger partial charge in [0.1, 0.15) is 6.04 Å². The molecule has 4 N–H and O–H groups in total. The minimum atomic E-state index is -0.564. The lowest BCUT2D eigenvalue weighted by molar-refractivity contribution is -0.133. The predicted molar refractivity (Wildman–Crippen MR) is 106 cm³/mol. The van der Waals surface area contributed by atoms with Gasteiger partial charge in [0, 0.05) is 26.2 Å². The summed E-state index contributed by atoms with van der Waals surface area (Å²) < 4.78 is 0. The van der Waals surface area contributed by atoms with Crippen LogP contribution in [-0.4, -0.2) is 42.5 Å². The van der Waals surface area contributed by atoms with Crippen LogP contribution in [0.5, 0.6) is 0 Å². The molecule has 2 atom stereocenters. The second-order valence-corrected chi connectivity index (χ2v) is 7.49. The Morgan fingerprint density at radius 2 is 1.69 bits per heavy atom. The largest absolute Gasteiger partial charge is 0.344 e. The number of urea groups is 1. The molecule has 0 aromatic heterocycles. The first-order valence-corrected chi connectivity index (χ1v) is 9.31. The minimum Gasteiger partial charge on any atom is -0.344 e. The van der Waals surface area contributed by atoms with Crippen LogP contribution in [0, 0.1) is 11.8 Å². The quantitative estimate of drug-likeness (QED) is 0.630. The van der Waals surface area contributed by atoms with Crippen LogP contribution in [0.2, 0.25) is 0 Å². The normalized spacial score (nSPS) is 13.4. The van der Waals surface area contributed by atoms with Crippen molar-refractivity contribution in [3.05, 3.63) is 35.9 Å². The molecule has 0 radical (unpaired) electrons. The van der Waals surface area contributed by atoms with Crippen molar-refractivity contribution in [3.8, 4) is 0 Å². The first kappa shape index (κ1) is 22.0. The lowest BCUT2D eigenvalue weighted by Crippen LogP contribution is -2.53. The maximum absolute atomic E-state index is 12.7. The number of nitrogens with zero attached hydrogens (tertiary/aromatic N) is 1. The molecule has 0 heterocycles. The molecule has 0 bridgehead atoms. The average molecular weight is 363 g/mol. The average Bonchev–Trinajstić information content (AvgIpc) is 2.62. The topological polar surface area (TPSA) is 87.5 Å². The first-order valence-electron chi connectivity index (χ1n) is 9.31. The number of nitrogens with two attached hydrogens (primary N) is 1. The van der Waals surface area contributed by atoms with Crippen LogP contribution in [0.25, 0.3) is 0 Å². The molecule has 0 aliphatic carbocycles. The van der Waals surface area contributed by atoms with Gasteiger partial charge in [-0.25, -0.2) is 4.79 Å². The van der Waals surface area contributed by atoms with Crippen LogP contribution in [0.15, 0.2) is 30.3 Å². The standard InChI is InChI=1S/C20H34N4O2/c1-14(2)17(21)11-12-24(5)19(25)18(15(3)4)23-20(26)22-13-16-9-7-6-8-10-16/h6-10,14-15,17-18H,11-13,21H2,1-5H3,(H2,22,23,26). The highest BCUT2D eigenvalue weighted by Gasteiger charge is 2.27. The number of hydrogen-bond acceptors (Lipinski definition) is 3. The van der Waals surface area contributed by atoms with Crippen LogP contribution >= 0.6 is 0 Å². The van der Waals surface area contributed by atoms with Crippen molar-refractivity contribution in [1.29, 1.82) is 0 Å². The lowest BCUT2D eigenvalue weighted by Gasteiger charge is -2.28. The summed E-state index contributed by atoms with van der Waals surface area (Å²) in [6, 6.07) is 8.81. The van der Waals surface area contributed by atoms with Gasteiger partial charge in [0.15, 0.2) is 0 Å². The number of hydrogen-bond donors (Lipinski definition) is 3. The van der Waals surface area contributed by atoms with Crippen molar-refractivity contribution < 1.29 is 9.59 Å². The molecule has 2 unspecified atom stereocenters. The summed E-state index contributed by atoms with van der Waals surface area (Å²) in [7, 11) is 1.76. The van der Waals surface area contributed by atoms with Crippen molar-refractivity contribution in [2.75, 3.05) is 13.6 Å². The summed E-state index contributed by atoms with van der Waals surface area (Å²) in [4.78, 5) is 26.6. The lowest BCUT2D eigenvalue weighted by atomic mass is 10.0. The van der Waals surface area contributed by atoms with E-state index in [1.165, 1.54) is 0 Å². The second kappa shape index (κ2) is 10.8. The summed E-state index contributed by atoms with van der Waals surface area (Å²) in [6.45, 7) is 8.99. The molecule has 0 saturated carbocycles. The van der Waals surface area contributed by atoms with E-state index in [2.05, 4.69) is 24.5 Å². The maximum atomic E-state index is 12.7. The van der Waals surface area contributed by atoms with Crippen LogP contribution < -0.4 is 16.4 Å². The van der Waals surface area contributed by atoms with Gasteiger partial charge in [-0.15, -0.1) is 0 Å². The van der Waals surface area contributed by atoms with Crippen molar-refractivity contribution in [2.45, 2.75) is 52.7 Å². The van der Waals surface area contributed by atoms with E-state index in [1.54, 1.807) is 11.9 Å². The highest BCUT2D eigenvalue weighted by molar-refractivity contribution is 5.87. The molecule has 0 fully saturated rings. The summed E-state index contributed by atoms with van der Waals surface area (Å²) >= 11 is 0. The fraction of sp³-hybridized carbons (Fsp3) is 0.600. The van der Waals surface area contributed by atoms with E-state index in [0.717, 1.165) is 12.0 Å². The van der Waals surface area contributed by atoms with E-state index in [-0.39, 0.29) is 23.9 Å². The van der Waals surface area contributed by atoms with Crippen molar-refractivity contribution in [3.63, 3.8) is 0 Å². The number of nitrogens with one attached hydrogen (secondary N) is 2. The Morgan fingerprint density at radius 3 is 2.23 bits per heavy atom. The third kappa shape index (κ3) is 7.44. The van der Waals surface area contributed by atoms with E-state index in [9.17, 15) is 9.59 Å². The molecule has 0 saturated heterocycles. The molecule has 146 valence electrons. The molecule has 0 aliphatic heterocycles. The molecule has 0 aliphatic rings. The number of likely N-dealkylation sites (N-methyl/N-ethyl adjacent to an activating group) is 1. The Kier molecular flexibility index (Phi) is 9.13. The number of carbonyl (C=O) groups is 2. The van der Waals surface area contributed by atoms with Gasteiger partial charge >= 0.3 is 6.03 Å². The number of rotatable bonds is 9. The van der Waals surface area contributed by atoms with Gasteiger partial charge in [0.2, 0.25) is 5.91 Å². The Labute approximate surface area is 157 Å². The molecule has 0 spiro atoms. The third-order valence-electron chi connectivity index (χ3n) is 4.55. The molecule has 1 aromatic rings. The van der Waals surface area contributed by atoms with Crippen molar-refractivity contribution >= 4 is 11.9 Å². The zero-order valence-electron chi connectivity index (χ0n) is 16.7. The smallest absolute Gasteiger partial charge is 0.315 e. The van der Waals surface area contributed by atoms with Gasteiger partial charge in [0.25, 0.3) is 0 Å². The molecule has 1 rings (SSSR count). The highest BCUT2D eigenvalue weighted by atomic mass is 16.2. The van der Waals surface area contributed by atoms with Gasteiger partial charge in [-0.05, 0) is 23.8 Å². The van der Waals surface area contributed by atoms with Gasteiger partial charge in [0.05, 0.1) is 0 Å². The van der Waals surface area contributed by atoms with E-state index in [4.69, 9.17) is 5.73 Å². The Balaban J connectivity index is 2.55. The van der Waals surface area contributed by atoms with Crippen LogP contribution in [-0.2, 0) is 11.3 Å². The summed E-state index contributed by atoms with van der Waals surface area (Å²) in [5, 5.41) is 5.61. The number of benzene rings is 1. The monoisotopic (exact) mass is 362 g/mol. The highest BCUT2D eigenvalue weighted by Crippen LogP contribution is 2.08. The molecule has 26 heavy (non-hydrogen) atoms. The molecule has 3 amide bonds. The Bertz CT molecular complexity index is 560. The minimum absolute atomic E-state index is 0.00815. The van der Waals surface area contributed by atoms with E-state index < -0.39 is 6.04 Å². The second-order valence-electron chi connectivity index (χ2n) is 7.49. The predicted octanol–water partition coefficient (Wildman–Crippen LogP) is 2.34. The fourth-order valence-corrected chi connectivity index (χ4v) is 2.51. The molecule has 6 heteroatoms. The first-order chi connectivity index (χ1) is 12.2. The maximum Gasteiger partial charge on any atom is 0.315 e. The number of amides is 3. The molecular weight excluding hydrogens is 328 g/mol. The van der Waals surface area contributed by atoms with E-state index >= 15 is 0 Å². The van der Waals surface area contributed by atoms with Crippen LogP contribution in [0.3, 0.4) is 0 Å². The molecule has 1 aromatic carbocycles. The summed E-state index contributed by atoms with van der Waals surface area (Å²) in [5.41, 5.74) is 7.07. The van der Waals surface area contributed by atoms with E-state index in [1.807, 2.05) is 44.2 Å². The van der Waals surface area contributed by atoms with Crippen LogP contribution in [0.1, 0.15) is 39.7 Å². The zero-order valence-corrected chi connectivity index (χ0v) is 16.7. The fourth-order valence-electron chi connectivity index (χ4n) is 2.51. The van der Waals surface area contributed by atoms with Crippen molar-refractivity contribution in [1.82, 2.24) is 15.5 Å². The van der Waals surface area contributed by atoms with Crippen molar-refractivity contribution in [2.24, 2.45) is 17.6 Å². The molecule has 6 nitrogen and oxygen atoms in total. The van der Waals surface area contributed by atoms with Crippen LogP contribution in [0.4, 0.5) is 4.79 Å². The van der Waals surface area contributed by atoms with Gasteiger partial charge in [-0.1, -0.05) is 58.0 Å². The van der Waals surface area contributed by atoms with Gasteiger partial charge in [-0.2, -0.15) is 0 Å². The van der Waals surface area contributed by atoms with Gasteiger partial charge < -0.3 is 21.3 Å². The summed E-state index contributed by atoms with van der Waals surface area (Å²) in [5.74, 6) is 0.276. The Morgan fingerprint density at radius 1 is 1.08 bits per heavy atom. The summed E-state index contributed by atoms with van der Waals surface area (Å²) in [6.07, 6.45) is 0.741. The Hall–Kier alpha value is -2.08. The third-order valence-corrected chi connectivity index (χ3v) is 4.55. The SMILES string of the molecule is CC(C)C(N)CCN(C)C(=O)C(NC(=O)NCc1ccccc1)C(C)C. The number of carbonyl (C=O) groups excluding carboxylic acids is 2. The van der Waals surface area contributed by atoms with E-state index in [0.29, 0.717) is 19.0 Å². The molecular formula is C20H34N4O2.